The molecule has 0 saturated carbocycles. The summed E-state index contributed by atoms with van der Waals surface area (Å²) in [6, 6.07) is 2.92. The van der Waals surface area contributed by atoms with Gasteiger partial charge in [-0.15, -0.1) is 0 Å². The second kappa shape index (κ2) is 5.09. The molecule has 0 bridgehead atoms. The number of alkyl halides is 2. The Hall–Kier alpha value is -1.40. The van der Waals surface area contributed by atoms with E-state index in [2.05, 4.69) is 5.32 Å². The predicted octanol–water partition coefficient (Wildman–Crippen LogP) is 2.48. The van der Waals surface area contributed by atoms with Crippen LogP contribution < -0.4 is 5.32 Å². The smallest absolute Gasteiger partial charge is 0.304 e. The van der Waals surface area contributed by atoms with Gasteiger partial charge < -0.3 is 5.32 Å². The number of carbonyl (C=O) groups is 1. The van der Waals surface area contributed by atoms with Crippen molar-refractivity contribution in [3.63, 3.8) is 0 Å². The van der Waals surface area contributed by atoms with E-state index >= 15 is 0 Å². The molecule has 1 aromatic carbocycles. The van der Waals surface area contributed by atoms with Gasteiger partial charge in [-0.05, 0) is 6.07 Å². The van der Waals surface area contributed by atoms with Crippen molar-refractivity contribution in [1.82, 2.24) is 0 Å². The van der Waals surface area contributed by atoms with Gasteiger partial charge in [-0.2, -0.15) is 4.39 Å². The Morgan fingerprint density at radius 1 is 1.50 bits per heavy atom. The third-order valence-electron chi connectivity index (χ3n) is 1.61. The first-order valence-electron chi connectivity index (χ1n) is 3.95. The fourth-order valence-corrected chi connectivity index (χ4v) is 1.04. The number of nitrogens with zero attached hydrogens (tertiary/aromatic N) is 1. The van der Waals surface area contributed by atoms with Gasteiger partial charge in [0.25, 0.3) is 5.91 Å². The van der Waals surface area contributed by atoms with Gasteiger partial charge in [0.1, 0.15) is 0 Å². The second-order valence-electron chi connectivity index (χ2n) is 2.71. The average Bonchev–Trinajstić information content (AvgIpc) is 2.16. The molecular formula is C8H5Cl2FN2O3. The zero-order valence-corrected chi connectivity index (χ0v) is 9.13. The lowest BCUT2D eigenvalue weighted by molar-refractivity contribution is -0.387. The van der Waals surface area contributed by atoms with Gasteiger partial charge in [-0.1, -0.05) is 23.2 Å². The van der Waals surface area contributed by atoms with E-state index in [0.717, 1.165) is 12.1 Å². The number of hydrogen-bond acceptors (Lipinski definition) is 3. The van der Waals surface area contributed by atoms with E-state index in [1.54, 1.807) is 0 Å². The summed E-state index contributed by atoms with van der Waals surface area (Å²) in [6.07, 6.45) is 0. The maximum Gasteiger partial charge on any atom is 0.304 e. The zero-order chi connectivity index (χ0) is 12.3. The van der Waals surface area contributed by atoms with Crippen LogP contribution in [0, 0.1) is 15.9 Å². The molecule has 0 aromatic heterocycles. The molecule has 1 rings (SSSR count). The highest BCUT2D eigenvalue weighted by Gasteiger charge is 2.16. The molecule has 1 amide bonds. The topological polar surface area (TPSA) is 72.2 Å². The molecule has 5 nitrogen and oxygen atoms in total. The molecule has 0 unspecified atom stereocenters. The number of anilines is 1. The Balaban J connectivity index is 2.90. The lowest BCUT2D eigenvalue weighted by Gasteiger charge is -2.05. The van der Waals surface area contributed by atoms with Crippen molar-refractivity contribution >= 4 is 40.5 Å². The van der Waals surface area contributed by atoms with Gasteiger partial charge in [0, 0.05) is 17.8 Å². The van der Waals surface area contributed by atoms with Gasteiger partial charge in [-0.3, -0.25) is 14.9 Å². The van der Waals surface area contributed by atoms with E-state index in [-0.39, 0.29) is 5.69 Å². The quantitative estimate of drug-likeness (QED) is 0.519. The molecular weight excluding hydrogens is 262 g/mol. The SMILES string of the molecule is O=C(Nc1ccc([N+](=O)[O-])c(F)c1)C(Cl)Cl. The number of nitro groups is 1. The number of hydrogen-bond donors (Lipinski definition) is 1. The van der Waals surface area contributed by atoms with E-state index in [0.29, 0.717) is 0 Å². The lowest BCUT2D eigenvalue weighted by Crippen LogP contribution is -2.18. The van der Waals surface area contributed by atoms with E-state index < -0.39 is 27.2 Å². The minimum Gasteiger partial charge on any atom is -0.324 e. The van der Waals surface area contributed by atoms with E-state index in [1.807, 2.05) is 0 Å². The van der Waals surface area contributed by atoms with E-state index in [1.165, 1.54) is 6.07 Å². The minimum atomic E-state index is -1.29. The molecule has 1 aromatic rings. The molecule has 0 heterocycles. The Morgan fingerprint density at radius 2 is 2.12 bits per heavy atom. The summed E-state index contributed by atoms with van der Waals surface area (Å²) in [6.45, 7) is 0. The highest BCUT2D eigenvalue weighted by Crippen LogP contribution is 2.21. The Morgan fingerprint density at radius 3 is 2.56 bits per heavy atom. The van der Waals surface area contributed by atoms with Gasteiger partial charge >= 0.3 is 5.69 Å². The first kappa shape index (κ1) is 12.7. The molecule has 0 aliphatic carbocycles. The van der Waals surface area contributed by atoms with Crippen LogP contribution in [0.1, 0.15) is 0 Å². The summed E-state index contributed by atoms with van der Waals surface area (Å²) in [5.74, 6) is -1.79. The summed E-state index contributed by atoms with van der Waals surface area (Å²) in [5, 5.41) is 12.5. The molecule has 0 spiro atoms. The minimum absolute atomic E-state index is 0.0411. The van der Waals surface area contributed by atoms with Crippen LogP contribution in [0.3, 0.4) is 0 Å². The second-order valence-corrected chi connectivity index (χ2v) is 3.81. The highest BCUT2D eigenvalue weighted by atomic mass is 35.5. The summed E-state index contributed by atoms with van der Waals surface area (Å²) in [7, 11) is 0. The molecule has 0 atom stereocenters. The molecule has 0 aliphatic heterocycles. The summed E-state index contributed by atoms with van der Waals surface area (Å²) in [5.41, 5.74) is -0.634. The highest BCUT2D eigenvalue weighted by molar-refractivity contribution is 6.54. The number of halogens is 3. The first-order valence-corrected chi connectivity index (χ1v) is 4.82. The molecule has 0 saturated heterocycles. The summed E-state index contributed by atoms with van der Waals surface area (Å²) < 4.78 is 13.1. The lowest BCUT2D eigenvalue weighted by atomic mass is 10.2. The normalized spacial score (nSPS) is 10.2. The van der Waals surface area contributed by atoms with Crippen molar-refractivity contribution in [2.75, 3.05) is 5.32 Å². The van der Waals surface area contributed by atoms with E-state index in [9.17, 15) is 19.3 Å². The van der Waals surface area contributed by atoms with Crippen molar-refractivity contribution in [1.29, 1.82) is 0 Å². The van der Waals surface area contributed by atoms with Crippen LogP contribution in [0.2, 0.25) is 0 Å². The van der Waals surface area contributed by atoms with Gasteiger partial charge in [0.15, 0.2) is 4.84 Å². The van der Waals surface area contributed by atoms with Crippen LogP contribution in [-0.2, 0) is 4.79 Å². The molecule has 1 N–H and O–H groups in total. The van der Waals surface area contributed by atoms with Crippen LogP contribution in [0.15, 0.2) is 18.2 Å². The number of rotatable bonds is 3. The van der Waals surface area contributed by atoms with Crippen LogP contribution in [-0.4, -0.2) is 15.7 Å². The fourth-order valence-electron chi connectivity index (χ4n) is 0.930. The third kappa shape index (κ3) is 3.04. The molecule has 8 heteroatoms. The predicted molar refractivity (Wildman–Crippen MR) is 57.2 cm³/mol. The molecule has 0 radical (unpaired) electrons. The van der Waals surface area contributed by atoms with Crippen molar-refractivity contribution in [3.05, 3.63) is 34.1 Å². The zero-order valence-electron chi connectivity index (χ0n) is 7.62. The van der Waals surface area contributed by atoms with Crippen molar-refractivity contribution in [3.8, 4) is 0 Å². The average molecular weight is 267 g/mol. The van der Waals surface area contributed by atoms with Crippen molar-refractivity contribution < 1.29 is 14.1 Å². The van der Waals surface area contributed by atoms with Crippen LogP contribution >= 0.6 is 23.2 Å². The molecule has 0 aliphatic rings. The van der Waals surface area contributed by atoms with Crippen LogP contribution in [0.4, 0.5) is 15.8 Å². The maximum atomic E-state index is 13.1. The monoisotopic (exact) mass is 266 g/mol. The largest absolute Gasteiger partial charge is 0.324 e. The van der Waals surface area contributed by atoms with Crippen LogP contribution in [0.5, 0.6) is 0 Å². The Bertz CT molecular complexity index is 439. The van der Waals surface area contributed by atoms with Gasteiger partial charge in [0.05, 0.1) is 4.92 Å². The van der Waals surface area contributed by atoms with Crippen LogP contribution in [0.25, 0.3) is 0 Å². The summed E-state index contributed by atoms with van der Waals surface area (Å²) >= 11 is 10.5. The fraction of sp³-hybridized carbons (Fsp3) is 0.125. The molecule has 86 valence electrons. The number of nitro benzene ring substituents is 1. The standard InChI is InChI=1S/C8H5Cl2FN2O3/c9-7(10)8(14)12-4-1-2-6(13(15)16)5(11)3-4/h1-3,7H,(H,12,14). The number of benzene rings is 1. The number of nitrogens with one attached hydrogen (secondary N) is 1. The summed E-state index contributed by atoms with van der Waals surface area (Å²) in [4.78, 5) is 19.1. The van der Waals surface area contributed by atoms with Crippen molar-refractivity contribution in [2.45, 2.75) is 4.84 Å². The maximum absolute atomic E-state index is 13.1. The number of carbonyl (C=O) groups excluding carboxylic acids is 1. The molecule has 0 fully saturated rings. The van der Waals surface area contributed by atoms with E-state index in [4.69, 9.17) is 23.2 Å². The van der Waals surface area contributed by atoms with Gasteiger partial charge in [-0.25, -0.2) is 0 Å². The third-order valence-corrected chi connectivity index (χ3v) is 2.01. The molecule has 16 heavy (non-hydrogen) atoms. The van der Waals surface area contributed by atoms with Crippen molar-refractivity contribution in [2.24, 2.45) is 0 Å². The first-order chi connectivity index (χ1) is 7.41. The Kier molecular flexibility index (Phi) is 4.03. The Labute approximate surface area is 99.3 Å². The van der Waals surface area contributed by atoms with Gasteiger partial charge in [0.2, 0.25) is 5.82 Å². The number of amides is 1.